The van der Waals surface area contributed by atoms with Gasteiger partial charge < -0.3 is 4.90 Å². The maximum absolute atomic E-state index is 13.2. The van der Waals surface area contributed by atoms with Crippen LogP contribution in [0.15, 0.2) is 53.4 Å². The van der Waals surface area contributed by atoms with E-state index in [1.165, 1.54) is 37.1 Å². The monoisotopic (exact) mass is 444 g/mol. The number of sulfonamides is 1. The van der Waals surface area contributed by atoms with Crippen LogP contribution >= 0.6 is 0 Å². The number of nitrogens with zero attached hydrogens (tertiary/aromatic N) is 3. The fourth-order valence-corrected chi connectivity index (χ4v) is 5.35. The highest BCUT2D eigenvalue weighted by molar-refractivity contribution is 7.92. The molecule has 2 aliphatic rings. The van der Waals surface area contributed by atoms with Gasteiger partial charge in [0, 0.05) is 31.3 Å². The number of non-ortho nitro benzene ring substituents is 1. The van der Waals surface area contributed by atoms with Gasteiger partial charge in [-0.05, 0) is 50.6 Å². The molecule has 10 heteroatoms. The average Bonchev–Trinajstić information content (AvgIpc) is 3.45. The Morgan fingerprint density at radius 3 is 2.55 bits per heavy atom. The van der Waals surface area contributed by atoms with E-state index in [2.05, 4.69) is 9.62 Å². The third-order valence-electron chi connectivity index (χ3n) is 5.85. The summed E-state index contributed by atoms with van der Waals surface area (Å²) in [5, 5.41) is 11.0. The quantitative estimate of drug-likeness (QED) is 0.541. The van der Waals surface area contributed by atoms with E-state index < -0.39 is 14.9 Å². The fraction of sp³-hybridized carbons (Fsp3) is 0.381. The average molecular weight is 445 g/mol. The Morgan fingerprint density at radius 1 is 1.06 bits per heavy atom. The molecule has 2 aliphatic heterocycles. The Labute approximate surface area is 180 Å². The number of hydrogen-bond acceptors (Lipinski definition) is 6. The summed E-state index contributed by atoms with van der Waals surface area (Å²) in [6.45, 7) is 3.38. The number of likely N-dealkylation sites (tertiary alicyclic amines) is 2. The number of nitro benzene ring substituents is 1. The second kappa shape index (κ2) is 8.64. The second-order valence-corrected chi connectivity index (χ2v) is 9.52. The van der Waals surface area contributed by atoms with Crippen LogP contribution in [0.4, 0.5) is 11.4 Å². The molecule has 1 unspecified atom stereocenters. The molecule has 164 valence electrons. The highest BCUT2D eigenvalue weighted by Gasteiger charge is 2.33. The van der Waals surface area contributed by atoms with Gasteiger partial charge in [-0.25, -0.2) is 8.42 Å². The fourth-order valence-electron chi connectivity index (χ4n) is 4.23. The summed E-state index contributed by atoms with van der Waals surface area (Å²) in [5.41, 5.74) is 0.0967. The van der Waals surface area contributed by atoms with Gasteiger partial charge in [-0.1, -0.05) is 18.2 Å². The summed E-state index contributed by atoms with van der Waals surface area (Å²) in [5.74, 6) is -0.223. The van der Waals surface area contributed by atoms with Gasteiger partial charge in [0.25, 0.3) is 21.6 Å². The minimum atomic E-state index is -4.11. The maximum Gasteiger partial charge on any atom is 0.270 e. The van der Waals surface area contributed by atoms with Crippen molar-refractivity contribution in [3.8, 4) is 0 Å². The summed E-state index contributed by atoms with van der Waals surface area (Å²) >= 11 is 0. The van der Waals surface area contributed by atoms with Gasteiger partial charge in [-0.3, -0.25) is 24.5 Å². The number of nitro groups is 1. The van der Waals surface area contributed by atoms with E-state index in [-0.39, 0.29) is 27.7 Å². The van der Waals surface area contributed by atoms with Gasteiger partial charge in [0.05, 0.1) is 21.1 Å². The zero-order chi connectivity index (χ0) is 22.0. The van der Waals surface area contributed by atoms with Crippen molar-refractivity contribution in [2.45, 2.75) is 30.2 Å². The Kier molecular flexibility index (Phi) is 5.92. The first-order chi connectivity index (χ1) is 14.8. The summed E-state index contributed by atoms with van der Waals surface area (Å²) in [6, 6.07) is 11.6. The molecule has 1 N–H and O–H groups in total. The molecule has 0 spiro atoms. The lowest BCUT2D eigenvalue weighted by atomic mass is 10.1. The lowest BCUT2D eigenvalue weighted by Gasteiger charge is -2.24. The highest BCUT2D eigenvalue weighted by atomic mass is 32.2. The number of para-hydroxylation sites is 1. The highest BCUT2D eigenvalue weighted by Crippen LogP contribution is 2.26. The zero-order valence-electron chi connectivity index (χ0n) is 16.9. The number of rotatable bonds is 6. The molecule has 2 fully saturated rings. The molecular formula is C21H24N4O5S. The summed E-state index contributed by atoms with van der Waals surface area (Å²) < 4.78 is 28.1. The molecule has 31 heavy (non-hydrogen) atoms. The first-order valence-electron chi connectivity index (χ1n) is 10.2. The van der Waals surface area contributed by atoms with Crippen LogP contribution in [0.2, 0.25) is 0 Å². The molecule has 0 saturated carbocycles. The summed E-state index contributed by atoms with van der Waals surface area (Å²) in [4.78, 5) is 27.5. The van der Waals surface area contributed by atoms with E-state index in [1.54, 1.807) is 23.1 Å². The standard InChI is InChI=1S/C21H24N4O5S/c26-21(24-13-10-17(15-24)23-11-3-4-12-23)19-8-1-2-9-20(19)22-31(29,30)18-7-5-6-16(14-18)25(27)28/h1-2,5-9,14,17,22H,3-4,10-13,15H2. The van der Waals surface area contributed by atoms with Gasteiger partial charge >= 0.3 is 0 Å². The molecule has 2 saturated heterocycles. The molecule has 1 atom stereocenters. The minimum Gasteiger partial charge on any atom is -0.337 e. The zero-order valence-corrected chi connectivity index (χ0v) is 17.8. The normalized spacial score (nSPS) is 19.5. The lowest BCUT2D eigenvalue weighted by molar-refractivity contribution is -0.385. The molecule has 0 aromatic heterocycles. The number of anilines is 1. The number of hydrogen-bond donors (Lipinski definition) is 1. The Morgan fingerprint density at radius 2 is 1.81 bits per heavy atom. The third-order valence-corrected chi connectivity index (χ3v) is 7.21. The van der Waals surface area contributed by atoms with Crippen LogP contribution in [0, 0.1) is 10.1 Å². The largest absolute Gasteiger partial charge is 0.337 e. The van der Waals surface area contributed by atoms with Crippen LogP contribution in [-0.2, 0) is 10.0 Å². The molecule has 4 rings (SSSR count). The van der Waals surface area contributed by atoms with E-state index in [0.29, 0.717) is 19.1 Å². The van der Waals surface area contributed by atoms with Crippen molar-refractivity contribution in [3.05, 3.63) is 64.2 Å². The number of nitrogens with one attached hydrogen (secondary N) is 1. The van der Waals surface area contributed by atoms with E-state index in [9.17, 15) is 23.3 Å². The number of carbonyl (C=O) groups is 1. The van der Waals surface area contributed by atoms with Crippen molar-refractivity contribution < 1.29 is 18.1 Å². The van der Waals surface area contributed by atoms with E-state index >= 15 is 0 Å². The molecular weight excluding hydrogens is 420 g/mol. The van der Waals surface area contributed by atoms with Crippen LogP contribution in [0.25, 0.3) is 0 Å². The second-order valence-electron chi connectivity index (χ2n) is 7.84. The van der Waals surface area contributed by atoms with E-state index in [0.717, 1.165) is 25.6 Å². The van der Waals surface area contributed by atoms with Gasteiger partial charge in [0.1, 0.15) is 0 Å². The van der Waals surface area contributed by atoms with Crippen LogP contribution in [0.1, 0.15) is 29.6 Å². The molecule has 1 amide bonds. The maximum atomic E-state index is 13.2. The van der Waals surface area contributed by atoms with E-state index in [4.69, 9.17) is 0 Å². The first-order valence-corrected chi connectivity index (χ1v) is 11.7. The van der Waals surface area contributed by atoms with Crippen LogP contribution in [0.3, 0.4) is 0 Å². The predicted molar refractivity (Wildman–Crippen MR) is 115 cm³/mol. The summed E-state index contributed by atoms with van der Waals surface area (Å²) in [6.07, 6.45) is 3.28. The Balaban J connectivity index is 1.54. The van der Waals surface area contributed by atoms with Crippen molar-refractivity contribution >= 4 is 27.3 Å². The molecule has 0 aliphatic carbocycles. The molecule has 2 heterocycles. The Bertz CT molecular complexity index is 1100. The predicted octanol–water partition coefficient (Wildman–Crippen LogP) is 2.71. The topological polar surface area (TPSA) is 113 Å². The molecule has 0 radical (unpaired) electrons. The van der Waals surface area contributed by atoms with Crippen LogP contribution in [-0.4, -0.2) is 61.3 Å². The van der Waals surface area contributed by atoms with Crippen LogP contribution in [0.5, 0.6) is 0 Å². The summed E-state index contributed by atoms with van der Waals surface area (Å²) in [7, 11) is -4.11. The minimum absolute atomic E-state index is 0.156. The van der Waals surface area contributed by atoms with Crippen molar-refractivity contribution in [3.63, 3.8) is 0 Å². The van der Waals surface area contributed by atoms with Crippen molar-refractivity contribution in [2.75, 3.05) is 30.9 Å². The molecule has 2 aromatic rings. The van der Waals surface area contributed by atoms with Crippen molar-refractivity contribution in [1.29, 1.82) is 0 Å². The van der Waals surface area contributed by atoms with Crippen molar-refractivity contribution in [2.24, 2.45) is 0 Å². The third kappa shape index (κ3) is 4.54. The smallest absolute Gasteiger partial charge is 0.270 e. The SMILES string of the molecule is O=C(c1ccccc1NS(=O)(=O)c1cccc([N+](=O)[O-])c1)N1CCC(N2CCCC2)C1. The van der Waals surface area contributed by atoms with Gasteiger partial charge in [0.2, 0.25) is 0 Å². The van der Waals surface area contributed by atoms with Crippen molar-refractivity contribution in [1.82, 2.24) is 9.80 Å². The Hall–Kier alpha value is -2.98. The lowest BCUT2D eigenvalue weighted by Crippen LogP contribution is -2.37. The van der Waals surface area contributed by atoms with E-state index in [1.807, 2.05) is 0 Å². The van der Waals surface area contributed by atoms with Gasteiger partial charge in [-0.15, -0.1) is 0 Å². The molecule has 2 aromatic carbocycles. The van der Waals surface area contributed by atoms with Gasteiger partial charge in [0.15, 0.2) is 0 Å². The number of carbonyl (C=O) groups excluding carboxylic acids is 1. The van der Waals surface area contributed by atoms with Gasteiger partial charge in [-0.2, -0.15) is 0 Å². The molecule has 0 bridgehead atoms. The van der Waals surface area contributed by atoms with Crippen LogP contribution < -0.4 is 4.72 Å². The molecule has 9 nitrogen and oxygen atoms in total. The number of amides is 1. The first kappa shape index (κ1) is 21.3. The number of benzene rings is 2.